The average molecular weight is 130 g/mol. The minimum absolute atomic E-state index is 0.769. The van der Waals surface area contributed by atoms with Crippen LogP contribution in [0.1, 0.15) is 0 Å². The maximum absolute atomic E-state index is 3.99. The van der Waals surface area contributed by atoms with Crippen LogP contribution in [0.3, 0.4) is 0 Å². The van der Waals surface area contributed by atoms with E-state index >= 15 is 0 Å². The van der Waals surface area contributed by atoms with Crippen LogP contribution < -0.4 is 0 Å². The molecule has 0 atom stereocenters. The van der Waals surface area contributed by atoms with E-state index in [1.165, 1.54) is 0 Å². The van der Waals surface area contributed by atoms with Crippen LogP contribution in [0.2, 0.25) is 0 Å². The lowest BCUT2D eigenvalue weighted by atomic mass is 10.8. The van der Waals surface area contributed by atoms with Crippen molar-refractivity contribution in [3.05, 3.63) is 6.33 Å². The highest BCUT2D eigenvalue weighted by atomic mass is 32.1. The van der Waals surface area contributed by atoms with E-state index in [0.29, 0.717) is 0 Å². The quantitative estimate of drug-likeness (QED) is 0.554. The summed E-state index contributed by atoms with van der Waals surface area (Å²) in [6.45, 7) is 0.774. The van der Waals surface area contributed by atoms with Crippen LogP contribution in [0.15, 0.2) is 6.33 Å². The first-order valence-corrected chi connectivity index (χ1v) is 2.88. The molecule has 44 valence electrons. The van der Waals surface area contributed by atoms with Crippen LogP contribution in [-0.4, -0.2) is 26.0 Å². The van der Waals surface area contributed by atoms with Crippen LogP contribution in [0, 0.1) is 0 Å². The Morgan fingerprint density at radius 1 is 1.62 bits per heavy atom. The lowest BCUT2D eigenvalue weighted by molar-refractivity contribution is 0.632. The van der Waals surface area contributed by atoms with Crippen molar-refractivity contribution < 1.29 is 0 Å². The molecule has 0 aromatic carbocycles. The molecular weight excluding hydrogens is 124 g/mol. The van der Waals surface area contributed by atoms with Gasteiger partial charge in [0.05, 0.1) is 6.54 Å². The van der Waals surface area contributed by atoms with E-state index < -0.39 is 0 Å². The van der Waals surface area contributed by atoms with E-state index in [0.717, 1.165) is 12.3 Å². The van der Waals surface area contributed by atoms with Gasteiger partial charge < -0.3 is 0 Å². The molecule has 0 spiro atoms. The summed E-state index contributed by atoms with van der Waals surface area (Å²) in [7, 11) is 0. The van der Waals surface area contributed by atoms with Gasteiger partial charge in [-0.2, -0.15) is 12.6 Å². The summed E-state index contributed by atoms with van der Waals surface area (Å²) in [5.74, 6) is 0.769. The summed E-state index contributed by atoms with van der Waals surface area (Å²) in [4.78, 5) is 0. The van der Waals surface area contributed by atoms with Crippen molar-refractivity contribution in [2.75, 3.05) is 5.75 Å². The van der Waals surface area contributed by atoms with Crippen molar-refractivity contribution in [3.8, 4) is 0 Å². The summed E-state index contributed by atoms with van der Waals surface area (Å²) in [6, 6.07) is 0. The molecule has 0 saturated heterocycles. The summed E-state index contributed by atoms with van der Waals surface area (Å²) < 4.78 is 1.63. The van der Waals surface area contributed by atoms with Gasteiger partial charge in [-0.3, -0.25) is 0 Å². The second kappa shape index (κ2) is 2.66. The Morgan fingerprint density at radius 2 is 2.50 bits per heavy atom. The monoisotopic (exact) mass is 130 g/mol. The highest BCUT2D eigenvalue weighted by molar-refractivity contribution is 7.80. The molecular formula is C3H6N4S. The molecule has 0 unspecified atom stereocenters. The number of hydrogen-bond acceptors (Lipinski definition) is 4. The van der Waals surface area contributed by atoms with Gasteiger partial charge in [0, 0.05) is 5.75 Å². The fourth-order valence-electron chi connectivity index (χ4n) is 0.385. The zero-order valence-electron chi connectivity index (χ0n) is 4.23. The third-order valence-corrected chi connectivity index (χ3v) is 0.921. The van der Waals surface area contributed by atoms with Crippen molar-refractivity contribution >= 4 is 12.6 Å². The van der Waals surface area contributed by atoms with Gasteiger partial charge in [-0.1, -0.05) is 0 Å². The van der Waals surface area contributed by atoms with Crippen molar-refractivity contribution in [1.82, 2.24) is 20.2 Å². The molecule has 1 aromatic heterocycles. The standard InChI is InChI=1S/C3H6N4S/c8-2-1-7-3-4-5-6-7/h3,8H,1-2H2. The largest absolute Gasteiger partial charge is 0.232 e. The number of thiol groups is 1. The highest BCUT2D eigenvalue weighted by Crippen LogP contribution is 1.78. The predicted molar refractivity (Wildman–Crippen MR) is 31.7 cm³/mol. The van der Waals surface area contributed by atoms with Gasteiger partial charge in [0.1, 0.15) is 6.33 Å². The molecule has 0 fully saturated rings. The number of tetrazole rings is 1. The van der Waals surface area contributed by atoms with Crippen molar-refractivity contribution in [2.45, 2.75) is 6.54 Å². The van der Waals surface area contributed by atoms with Gasteiger partial charge in [-0.25, -0.2) is 4.68 Å². The first-order chi connectivity index (χ1) is 3.93. The number of aryl methyl sites for hydroxylation is 1. The van der Waals surface area contributed by atoms with Gasteiger partial charge in [-0.05, 0) is 10.4 Å². The molecule has 1 heterocycles. The van der Waals surface area contributed by atoms with Gasteiger partial charge in [0.25, 0.3) is 0 Å². The lowest BCUT2D eigenvalue weighted by Gasteiger charge is -1.88. The average Bonchev–Trinajstić information content (AvgIpc) is 2.19. The van der Waals surface area contributed by atoms with E-state index in [1.807, 2.05) is 0 Å². The Labute approximate surface area is 52.3 Å². The van der Waals surface area contributed by atoms with E-state index in [-0.39, 0.29) is 0 Å². The molecule has 0 amide bonds. The maximum Gasteiger partial charge on any atom is 0.138 e. The van der Waals surface area contributed by atoms with E-state index in [1.54, 1.807) is 11.0 Å². The predicted octanol–water partition coefficient (Wildman–Crippen LogP) is -0.397. The normalized spacial score (nSPS) is 9.62. The van der Waals surface area contributed by atoms with E-state index in [2.05, 4.69) is 28.2 Å². The van der Waals surface area contributed by atoms with Crippen LogP contribution in [0.5, 0.6) is 0 Å². The molecule has 0 saturated carbocycles. The third kappa shape index (κ3) is 1.19. The number of aromatic nitrogens is 4. The SMILES string of the molecule is SCCn1cnnn1. The molecule has 0 aliphatic rings. The van der Waals surface area contributed by atoms with Gasteiger partial charge >= 0.3 is 0 Å². The Hall–Kier alpha value is -0.580. The lowest BCUT2D eigenvalue weighted by Crippen LogP contribution is -1.98. The number of hydrogen-bond donors (Lipinski definition) is 1. The van der Waals surface area contributed by atoms with Crippen LogP contribution in [0.4, 0.5) is 0 Å². The van der Waals surface area contributed by atoms with E-state index in [4.69, 9.17) is 0 Å². The molecule has 8 heavy (non-hydrogen) atoms. The van der Waals surface area contributed by atoms with E-state index in [9.17, 15) is 0 Å². The third-order valence-electron chi connectivity index (χ3n) is 0.721. The summed E-state index contributed by atoms with van der Waals surface area (Å²) in [5, 5.41) is 10.5. The zero-order chi connectivity index (χ0) is 5.82. The minimum atomic E-state index is 0.769. The molecule has 0 aliphatic carbocycles. The van der Waals surface area contributed by atoms with Gasteiger partial charge in [0.15, 0.2) is 0 Å². The molecule has 0 N–H and O–H groups in total. The first-order valence-electron chi connectivity index (χ1n) is 2.25. The number of rotatable bonds is 2. The first kappa shape index (κ1) is 5.55. The molecule has 1 aromatic rings. The van der Waals surface area contributed by atoms with Gasteiger partial charge in [-0.15, -0.1) is 5.10 Å². The maximum atomic E-state index is 3.99. The smallest absolute Gasteiger partial charge is 0.138 e. The van der Waals surface area contributed by atoms with Crippen molar-refractivity contribution in [2.24, 2.45) is 0 Å². The Kier molecular flexibility index (Phi) is 1.85. The fraction of sp³-hybridized carbons (Fsp3) is 0.667. The van der Waals surface area contributed by atoms with Gasteiger partial charge in [0.2, 0.25) is 0 Å². The van der Waals surface area contributed by atoms with Crippen LogP contribution >= 0.6 is 12.6 Å². The summed E-state index contributed by atoms with van der Waals surface area (Å²) in [5.41, 5.74) is 0. The second-order valence-electron chi connectivity index (χ2n) is 1.30. The Balaban J connectivity index is 2.50. The Bertz CT molecular complexity index is 137. The molecule has 4 nitrogen and oxygen atoms in total. The molecule has 0 aliphatic heterocycles. The topological polar surface area (TPSA) is 43.6 Å². The number of nitrogens with zero attached hydrogens (tertiary/aromatic N) is 4. The molecule has 1 rings (SSSR count). The van der Waals surface area contributed by atoms with Crippen molar-refractivity contribution in [3.63, 3.8) is 0 Å². The summed E-state index contributed by atoms with van der Waals surface area (Å²) in [6.07, 6.45) is 1.57. The fourth-order valence-corrected chi connectivity index (χ4v) is 0.590. The minimum Gasteiger partial charge on any atom is -0.232 e. The molecule has 5 heteroatoms. The second-order valence-corrected chi connectivity index (χ2v) is 1.74. The van der Waals surface area contributed by atoms with Crippen LogP contribution in [0.25, 0.3) is 0 Å². The van der Waals surface area contributed by atoms with Crippen molar-refractivity contribution in [1.29, 1.82) is 0 Å². The summed E-state index contributed by atoms with van der Waals surface area (Å²) >= 11 is 3.99. The highest BCUT2D eigenvalue weighted by Gasteiger charge is 1.85. The molecule has 0 radical (unpaired) electrons. The molecule has 0 bridgehead atoms. The Morgan fingerprint density at radius 3 is 3.00 bits per heavy atom. The van der Waals surface area contributed by atoms with Crippen LogP contribution in [-0.2, 0) is 6.54 Å². The zero-order valence-corrected chi connectivity index (χ0v) is 5.12.